The molecule has 0 N–H and O–H groups in total. The Morgan fingerprint density at radius 3 is 2.37 bits per heavy atom. The predicted molar refractivity (Wildman–Crippen MR) is 132 cm³/mol. The highest BCUT2D eigenvalue weighted by atomic mass is 32.2. The second-order valence-corrected chi connectivity index (χ2v) is 10.6. The summed E-state index contributed by atoms with van der Waals surface area (Å²) in [5.41, 5.74) is 2.31. The molecule has 1 heterocycles. The molecule has 0 aliphatic rings. The van der Waals surface area contributed by atoms with Gasteiger partial charge in [0.25, 0.3) is 5.91 Å². The van der Waals surface area contributed by atoms with Crippen LogP contribution in [-0.2, 0) is 21.3 Å². The third kappa shape index (κ3) is 6.02. The molecule has 11 heteroatoms. The Hall–Kier alpha value is -3.35. The number of aromatic nitrogens is 1. The largest absolute Gasteiger partial charge is 0.383 e. The maximum Gasteiger partial charge on any atom is 0.279 e. The molecule has 0 aliphatic heterocycles. The normalized spacial score (nSPS) is 12.1. The van der Waals surface area contributed by atoms with Crippen LogP contribution in [0.2, 0.25) is 0 Å². The number of nitrogens with zero attached hydrogens (tertiary/aromatic N) is 5. The minimum Gasteiger partial charge on any atom is -0.383 e. The van der Waals surface area contributed by atoms with Crippen LogP contribution in [0.4, 0.5) is 0 Å². The Bertz CT molecular complexity index is 1440. The second-order valence-electron chi connectivity index (χ2n) is 7.61. The monoisotopic (exact) mass is 511 g/mol. The molecule has 9 nitrogen and oxygen atoms in total. The summed E-state index contributed by atoms with van der Waals surface area (Å²) < 4.78 is 35.2. The number of carbonyl (C=O) groups excluding carboxylic acids is 1. The van der Waals surface area contributed by atoms with E-state index in [2.05, 4.69) is 4.99 Å². The Morgan fingerprint density at radius 2 is 1.77 bits per heavy atom. The van der Waals surface area contributed by atoms with Crippen molar-refractivity contribution in [3.63, 3.8) is 0 Å². The highest BCUT2D eigenvalue weighted by Crippen LogP contribution is 2.21. The molecule has 0 bridgehead atoms. The van der Waals surface area contributed by atoms with Crippen molar-refractivity contribution in [3.8, 4) is 12.1 Å². The first-order valence-electron chi connectivity index (χ1n) is 10.8. The van der Waals surface area contributed by atoms with E-state index in [1.54, 1.807) is 7.11 Å². The first-order valence-corrected chi connectivity index (χ1v) is 13.1. The van der Waals surface area contributed by atoms with E-state index in [4.69, 9.17) is 15.3 Å². The van der Waals surface area contributed by atoms with Gasteiger partial charge in [-0.25, -0.2) is 8.42 Å². The summed E-state index contributed by atoms with van der Waals surface area (Å²) in [4.78, 5) is 17.8. The van der Waals surface area contributed by atoms with E-state index in [0.717, 1.165) is 20.1 Å². The Kier molecular flexibility index (Phi) is 8.90. The number of hydrogen-bond acceptors (Lipinski definition) is 7. The summed E-state index contributed by atoms with van der Waals surface area (Å²) in [5, 5.41) is 17.7. The quantitative estimate of drug-likeness (QED) is 0.411. The van der Waals surface area contributed by atoms with Crippen LogP contribution in [0.25, 0.3) is 10.2 Å². The summed E-state index contributed by atoms with van der Waals surface area (Å²) in [5.74, 6) is -0.491. The molecule has 0 saturated heterocycles. The highest BCUT2D eigenvalue weighted by molar-refractivity contribution is 7.89. The van der Waals surface area contributed by atoms with Crippen molar-refractivity contribution in [1.82, 2.24) is 8.87 Å². The number of methoxy groups -OCH3 is 1. The number of ether oxygens (including phenoxy) is 1. The molecule has 35 heavy (non-hydrogen) atoms. The SMILES string of the molecule is COCCn1c(=NC(=O)c2ccc(S(=O)(=O)N(CCC#N)CCC#N)cc2)sc2cccc(C)c21. The van der Waals surface area contributed by atoms with Crippen molar-refractivity contribution in [2.24, 2.45) is 4.99 Å². The fraction of sp³-hybridized carbons (Fsp3) is 0.333. The van der Waals surface area contributed by atoms with E-state index in [1.807, 2.05) is 41.8 Å². The van der Waals surface area contributed by atoms with Crippen molar-refractivity contribution in [2.45, 2.75) is 31.2 Å². The number of para-hydroxylation sites is 1. The van der Waals surface area contributed by atoms with E-state index >= 15 is 0 Å². The Labute approximate surface area is 208 Å². The number of nitriles is 2. The molecular formula is C24H25N5O4S2. The molecule has 1 aromatic heterocycles. The number of thiazole rings is 1. The lowest BCUT2D eigenvalue weighted by Crippen LogP contribution is -2.32. The zero-order valence-electron chi connectivity index (χ0n) is 19.5. The van der Waals surface area contributed by atoms with E-state index in [9.17, 15) is 13.2 Å². The van der Waals surface area contributed by atoms with Crippen LogP contribution >= 0.6 is 11.3 Å². The predicted octanol–water partition coefficient (Wildman–Crippen LogP) is 3.22. The number of hydrogen-bond donors (Lipinski definition) is 0. The van der Waals surface area contributed by atoms with Crippen LogP contribution in [0.5, 0.6) is 0 Å². The van der Waals surface area contributed by atoms with Gasteiger partial charge in [0.2, 0.25) is 10.0 Å². The van der Waals surface area contributed by atoms with Crippen LogP contribution in [0.3, 0.4) is 0 Å². The van der Waals surface area contributed by atoms with E-state index in [0.29, 0.717) is 18.0 Å². The third-order valence-corrected chi connectivity index (χ3v) is 8.26. The second kappa shape index (κ2) is 11.9. The molecule has 3 rings (SSSR count). The Balaban J connectivity index is 1.93. The van der Waals surface area contributed by atoms with Crippen molar-refractivity contribution in [1.29, 1.82) is 10.5 Å². The van der Waals surface area contributed by atoms with Gasteiger partial charge in [0.1, 0.15) is 0 Å². The molecule has 0 unspecified atom stereocenters. The van der Waals surface area contributed by atoms with Crippen molar-refractivity contribution in [2.75, 3.05) is 26.8 Å². The first kappa shape index (κ1) is 26.3. The first-order chi connectivity index (χ1) is 16.8. The number of amides is 1. The maximum absolute atomic E-state index is 13.0. The number of carbonyl (C=O) groups is 1. The number of aryl methyl sites for hydroxylation is 1. The van der Waals surface area contributed by atoms with Gasteiger partial charge in [-0.15, -0.1) is 0 Å². The minimum atomic E-state index is -3.91. The summed E-state index contributed by atoms with van der Waals surface area (Å²) in [6.45, 7) is 2.97. The van der Waals surface area contributed by atoms with Gasteiger partial charge in [-0.1, -0.05) is 23.5 Å². The fourth-order valence-corrected chi connectivity index (χ4v) is 6.13. The molecule has 0 spiro atoms. The summed E-state index contributed by atoms with van der Waals surface area (Å²) in [6, 6.07) is 15.3. The van der Waals surface area contributed by atoms with Gasteiger partial charge >= 0.3 is 0 Å². The van der Waals surface area contributed by atoms with E-state index in [1.165, 1.54) is 35.6 Å². The Morgan fingerprint density at radius 1 is 1.11 bits per heavy atom. The van der Waals surface area contributed by atoms with Crippen molar-refractivity contribution < 1.29 is 17.9 Å². The number of rotatable bonds is 10. The number of sulfonamides is 1. The number of fused-ring (bicyclic) bond motifs is 1. The summed E-state index contributed by atoms with van der Waals surface area (Å²) >= 11 is 1.40. The lowest BCUT2D eigenvalue weighted by molar-refractivity contribution is 0.0997. The lowest BCUT2D eigenvalue weighted by Gasteiger charge is -2.20. The molecular weight excluding hydrogens is 486 g/mol. The van der Waals surface area contributed by atoms with E-state index < -0.39 is 15.9 Å². The fourth-order valence-electron chi connectivity index (χ4n) is 3.55. The van der Waals surface area contributed by atoms with Gasteiger partial charge in [0.15, 0.2) is 4.80 Å². The van der Waals surface area contributed by atoms with Gasteiger partial charge in [0.05, 0.1) is 33.9 Å². The molecule has 0 radical (unpaired) electrons. The third-order valence-electron chi connectivity index (χ3n) is 5.30. The highest BCUT2D eigenvalue weighted by Gasteiger charge is 2.24. The number of benzene rings is 2. The lowest BCUT2D eigenvalue weighted by atomic mass is 10.2. The molecule has 1 amide bonds. The standard InChI is InChI=1S/C24H25N5O4S2/c1-18-6-3-7-21-22(18)29(16-17-33-2)24(34-21)27-23(30)19-8-10-20(11-9-19)35(31,32)28(14-4-12-25)15-5-13-26/h3,6-11H,4-5,14-17H2,1-2H3. The minimum absolute atomic E-state index is 0.0106. The van der Waals surface area contributed by atoms with Crippen LogP contribution < -0.4 is 4.80 Å². The molecule has 2 aromatic carbocycles. The average molecular weight is 512 g/mol. The van der Waals surface area contributed by atoms with Crippen LogP contribution in [0, 0.1) is 29.6 Å². The van der Waals surface area contributed by atoms with Crippen molar-refractivity contribution in [3.05, 3.63) is 58.4 Å². The van der Waals surface area contributed by atoms with Crippen molar-refractivity contribution >= 4 is 37.5 Å². The molecule has 0 atom stereocenters. The van der Waals surface area contributed by atoms with Gasteiger partial charge < -0.3 is 9.30 Å². The summed E-state index contributed by atoms with van der Waals surface area (Å²) in [6.07, 6.45) is 0.0235. The zero-order valence-corrected chi connectivity index (χ0v) is 21.1. The van der Waals surface area contributed by atoms with Gasteiger partial charge in [-0.05, 0) is 42.8 Å². The topological polar surface area (TPSA) is 129 Å². The molecule has 3 aromatic rings. The van der Waals surface area contributed by atoms with Gasteiger partial charge in [-0.3, -0.25) is 4.79 Å². The zero-order chi connectivity index (χ0) is 25.4. The van der Waals surface area contributed by atoms with E-state index in [-0.39, 0.29) is 36.4 Å². The molecule has 0 saturated carbocycles. The maximum atomic E-state index is 13.0. The molecule has 182 valence electrons. The summed E-state index contributed by atoms with van der Waals surface area (Å²) in [7, 11) is -2.30. The van der Waals surface area contributed by atoms with Crippen LogP contribution in [0.15, 0.2) is 52.4 Å². The van der Waals surface area contributed by atoms with Gasteiger partial charge in [0, 0.05) is 45.1 Å². The van der Waals surface area contributed by atoms with Gasteiger partial charge in [-0.2, -0.15) is 19.8 Å². The van der Waals surface area contributed by atoms with Crippen LogP contribution in [-0.4, -0.2) is 50.0 Å². The van der Waals surface area contributed by atoms with Crippen LogP contribution in [0.1, 0.15) is 28.8 Å². The average Bonchev–Trinajstić information content (AvgIpc) is 3.20. The molecule has 0 fully saturated rings. The smallest absolute Gasteiger partial charge is 0.279 e. The molecule has 0 aliphatic carbocycles.